The molecule has 0 aliphatic rings. The molecule has 5 heteroatoms. The van der Waals surface area contributed by atoms with E-state index in [0.717, 1.165) is 6.07 Å². The number of nitrogens with zero attached hydrogens (tertiary/aromatic N) is 2. The van der Waals surface area contributed by atoms with E-state index in [2.05, 4.69) is 4.98 Å². The summed E-state index contributed by atoms with van der Waals surface area (Å²) in [6.07, 6.45) is -0.0528. The molecule has 0 fully saturated rings. The average Bonchev–Trinajstić information content (AvgIpc) is 2.21. The van der Waals surface area contributed by atoms with Crippen LogP contribution in [-0.4, -0.2) is 17.6 Å². The number of halogens is 1. The molecule has 15 heavy (non-hydrogen) atoms. The quantitative estimate of drug-likeness (QED) is 0.700. The topological polar surface area (TPSA) is 63.0 Å². The number of hydrogen-bond acceptors (Lipinski definition) is 4. The van der Waals surface area contributed by atoms with Gasteiger partial charge in [-0.1, -0.05) is 0 Å². The largest absolute Gasteiger partial charge is 0.466 e. The van der Waals surface area contributed by atoms with Crippen LogP contribution >= 0.6 is 0 Å². The SMILES string of the molecule is CCOC(=O)Cc1ccc(F)c(C#N)n1. The van der Waals surface area contributed by atoms with E-state index in [4.69, 9.17) is 10.00 Å². The summed E-state index contributed by atoms with van der Waals surface area (Å²) >= 11 is 0. The van der Waals surface area contributed by atoms with E-state index in [1.807, 2.05) is 0 Å². The fourth-order valence-corrected chi connectivity index (χ4v) is 1.02. The Morgan fingerprint density at radius 2 is 2.40 bits per heavy atom. The van der Waals surface area contributed by atoms with Crippen molar-refractivity contribution >= 4 is 5.97 Å². The summed E-state index contributed by atoms with van der Waals surface area (Å²) in [5, 5.41) is 8.51. The highest BCUT2D eigenvalue weighted by molar-refractivity contribution is 5.71. The zero-order valence-electron chi connectivity index (χ0n) is 8.16. The Morgan fingerprint density at radius 3 is 3.00 bits per heavy atom. The summed E-state index contributed by atoms with van der Waals surface area (Å²) in [4.78, 5) is 14.7. The van der Waals surface area contributed by atoms with Gasteiger partial charge in [0.2, 0.25) is 0 Å². The van der Waals surface area contributed by atoms with Gasteiger partial charge >= 0.3 is 5.97 Å². The van der Waals surface area contributed by atoms with E-state index in [9.17, 15) is 9.18 Å². The first-order valence-corrected chi connectivity index (χ1v) is 4.38. The van der Waals surface area contributed by atoms with Gasteiger partial charge in [0.05, 0.1) is 18.7 Å². The van der Waals surface area contributed by atoms with Crippen LogP contribution in [-0.2, 0) is 16.0 Å². The summed E-state index contributed by atoms with van der Waals surface area (Å²) in [6, 6.07) is 4.07. The standard InChI is InChI=1S/C10H9FN2O2/c1-2-15-10(14)5-7-3-4-8(11)9(6-12)13-7/h3-4H,2,5H2,1H3. The molecule has 0 atom stereocenters. The highest BCUT2D eigenvalue weighted by Crippen LogP contribution is 2.05. The molecular formula is C10H9FN2O2. The van der Waals surface area contributed by atoms with Crippen molar-refractivity contribution in [3.8, 4) is 6.07 Å². The number of carbonyl (C=O) groups excluding carboxylic acids is 1. The third kappa shape index (κ3) is 3.02. The number of nitriles is 1. The molecule has 1 aromatic rings. The predicted octanol–water partition coefficient (Wildman–Crippen LogP) is 1.20. The van der Waals surface area contributed by atoms with E-state index < -0.39 is 11.8 Å². The van der Waals surface area contributed by atoms with E-state index in [1.165, 1.54) is 6.07 Å². The molecule has 0 aliphatic heterocycles. The lowest BCUT2D eigenvalue weighted by Crippen LogP contribution is -2.09. The maximum Gasteiger partial charge on any atom is 0.311 e. The lowest BCUT2D eigenvalue weighted by Gasteiger charge is -2.01. The molecule has 78 valence electrons. The number of pyridine rings is 1. The Hall–Kier alpha value is -1.96. The van der Waals surface area contributed by atoms with E-state index in [0.29, 0.717) is 5.69 Å². The van der Waals surface area contributed by atoms with Crippen molar-refractivity contribution in [3.05, 3.63) is 29.3 Å². The van der Waals surface area contributed by atoms with Crippen LogP contribution in [0.3, 0.4) is 0 Å². The van der Waals surface area contributed by atoms with Gasteiger partial charge in [0.25, 0.3) is 0 Å². The van der Waals surface area contributed by atoms with Crippen LogP contribution < -0.4 is 0 Å². The van der Waals surface area contributed by atoms with Gasteiger partial charge in [0, 0.05) is 0 Å². The van der Waals surface area contributed by atoms with Crippen LogP contribution in [0.25, 0.3) is 0 Å². The van der Waals surface area contributed by atoms with Gasteiger partial charge in [-0.15, -0.1) is 0 Å². The lowest BCUT2D eigenvalue weighted by molar-refractivity contribution is -0.142. The molecular weight excluding hydrogens is 199 g/mol. The lowest BCUT2D eigenvalue weighted by atomic mass is 10.2. The van der Waals surface area contributed by atoms with Crippen LogP contribution in [0, 0.1) is 17.1 Å². The molecule has 0 saturated carbocycles. The van der Waals surface area contributed by atoms with Crippen molar-refractivity contribution in [2.75, 3.05) is 6.61 Å². The molecule has 0 saturated heterocycles. The molecule has 4 nitrogen and oxygen atoms in total. The first-order chi connectivity index (χ1) is 7.17. The Labute approximate surface area is 86.3 Å². The zero-order valence-corrected chi connectivity index (χ0v) is 8.16. The molecule has 0 unspecified atom stereocenters. The third-order valence-corrected chi connectivity index (χ3v) is 1.64. The second kappa shape index (κ2) is 5.05. The zero-order chi connectivity index (χ0) is 11.3. The summed E-state index contributed by atoms with van der Waals surface area (Å²) < 4.78 is 17.5. The van der Waals surface area contributed by atoms with Gasteiger partial charge in [-0.25, -0.2) is 9.37 Å². The first-order valence-electron chi connectivity index (χ1n) is 4.38. The fourth-order valence-electron chi connectivity index (χ4n) is 1.02. The number of esters is 1. The summed E-state index contributed by atoms with van der Waals surface area (Å²) in [5.74, 6) is -1.13. The minimum Gasteiger partial charge on any atom is -0.466 e. The van der Waals surface area contributed by atoms with Crippen molar-refractivity contribution < 1.29 is 13.9 Å². The average molecular weight is 208 g/mol. The maximum absolute atomic E-state index is 12.9. The maximum atomic E-state index is 12.9. The minimum atomic E-state index is -0.690. The molecule has 0 N–H and O–H groups in total. The van der Waals surface area contributed by atoms with Crippen molar-refractivity contribution in [2.45, 2.75) is 13.3 Å². The Morgan fingerprint density at radius 1 is 1.67 bits per heavy atom. The summed E-state index contributed by atoms with van der Waals surface area (Å²) in [7, 11) is 0. The third-order valence-electron chi connectivity index (χ3n) is 1.64. The van der Waals surface area contributed by atoms with Crippen LogP contribution in [0.15, 0.2) is 12.1 Å². The number of rotatable bonds is 3. The number of carbonyl (C=O) groups is 1. The highest BCUT2D eigenvalue weighted by atomic mass is 19.1. The van der Waals surface area contributed by atoms with Crippen LogP contribution in [0.4, 0.5) is 4.39 Å². The van der Waals surface area contributed by atoms with Crippen LogP contribution in [0.5, 0.6) is 0 Å². The van der Waals surface area contributed by atoms with Crippen molar-refractivity contribution in [3.63, 3.8) is 0 Å². The smallest absolute Gasteiger partial charge is 0.311 e. The van der Waals surface area contributed by atoms with E-state index in [1.54, 1.807) is 13.0 Å². The van der Waals surface area contributed by atoms with Crippen LogP contribution in [0.2, 0.25) is 0 Å². The molecule has 0 aliphatic carbocycles. The van der Waals surface area contributed by atoms with E-state index in [-0.39, 0.29) is 18.7 Å². The van der Waals surface area contributed by atoms with Gasteiger partial charge in [0.15, 0.2) is 11.5 Å². The van der Waals surface area contributed by atoms with Gasteiger partial charge in [-0.2, -0.15) is 5.26 Å². The molecule has 1 heterocycles. The molecule has 0 amide bonds. The monoisotopic (exact) mass is 208 g/mol. The molecule has 0 radical (unpaired) electrons. The van der Waals surface area contributed by atoms with Crippen molar-refractivity contribution in [1.82, 2.24) is 4.98 Å². The number of ether oxygens (including phenoxy) is 1. The van der Waals surface area contributed by atoms with Gasteiger partial charge in [0.1, 0.15) is 6.07 Å². The van der Waals surface area contributed by atoms with E-state index >= 15 is 0 Å². The Kier molecular flexibility index (Phi) is 3.75. The highest BCUT2D eigenvalue weighted by Gasteiger charge is 2.08. The van der Waals surface area contributed by atoms with Crippen molar-refractivity contribution in [2.24, 2.45) is 0 Å². The molecule has 0 aromatic carbocycles. The normalized spacial score (nSPS) is 9.40. The van der Waals surface area contributed by atoms with Gasteiger partial charge < -0.3 is 4.74 Å². The van der Waals surface area contributed by atoms with Crippen molar-refractivity contribution in [1.29, 1.82) is 5.26 Å². The second-order valence-electron chi connectivity index (χ2n) is 2.73. The van der Waals surface area contributed by atoms with Gasteiger partial charge in [-0.05, 0) is 19.1 Å². The fraction of sp³-hybridized carbons (Fsp3) is 0.300. The molecule has 0 spiro atoms. The summed E-state index contributed by atoms with van der Waals surface area (Å²) in [5.41, 5.74) is 0.0169. The summed E-state index contributed by atoms with van der Waals surface area (Å²) in [6.45, 7) is 1.97. The molecule has 1 aromatic heterocycles. The Bertz CT molecular complexity index is 412. The first kappa shape index (κ1) is 11.1. The van der Waals surface area contributed by atoms with Gasteiger partial charge in [-0.3, -0.25) is 4.79 Å². The predicted molar refractivity (Wildman–Crippen MR) is 49.2 cm³/mol. The number of aromatic nitrogens is 1. The minimum absolute atomic E-state index is 0.0528. The molecule has 1 rings (SSSR count). The number of hydrogen-bond donors (Lipinski definition) is 0. The van der Waals surface area contributed by atoms with Crippen LogP contribution in [0.1, 0.15) is 18.3 Å². The Balaban J connectivity index is 2.80. The molecule has 0 bridgehead atoms. The second-order valence-corrected chi connectivity index (χ2v) is 2.73.